The smallest absolute Gasteiger partial charge is 0.191 e. The van der Waals surface area contributed by atoms with Crippen LogP contribution in [0.4, 0.5) is 0 Å². The highest BCUT2D eigenvalue weighted by molar-refractivity contribution is 5.79. The molecule has 0 aliphatic carbocycles. The first-order valence-electron chi connectivity index (χ1n) is 10.3. The van der Waals surface area contributed by atoms with Crippen molar-refractivity contribution < 1.29 is 14.2 Å². The van der Waals surface area contributed by atoms with Crippen LogP contribution in [0.1, 0.15) is 34.4 Å². The van der Waals surface area contributed by atoms with E-state index in [4.69, 9.17) is 14.2 Å². The summed E-state index contributed by atoms with van der Waals surface area (Å²) in [6.07, 6.45) is 2.88. The molecule has 1 unspecified atom stereocenters. The van der Waals surface area contributed by atoms with Gasteiger partial charge in [-0.05, 0) is 32.4 Å². The van der Waals surface area contributed by atoms with Crippen molar-refractivity contribution in [2.75, 3.05) is 27.4 Å². The lowest BCUT2D eigenvalue weighted by Gasteiger charge is -2.18. The predicted molar refractivity (Wildman–Crippen MR) is 118 cm³/mol. The third-order valence-electron chi connectivity index (χ3n) is 5.25. The molecular weight excluding hydrogens is 380 g/mol. The van der Waals surface area contributed by atoms with Crippen LogP contribution < -0.4 is 20.1 Å². The van der Waals surface area contributed by atoms with Crippen molar-refractivity contribution in [3.05, 3.63) is 52.3 Å². The second kappa shape index (κ2) is 10.3. The third-order valence-corrected chi connectivity index (χ3v) is 5.25. The van der Waals surface area contributed by atoms with Gasteiger partial charge in [0, 0.05) is 42.9 Å². The second-order valence-electron chi connectivity index (χ2n) is 7.54. The molecule has 0 saturated carbocycles. The summed E-state index contributed by atoms with van der Waals surface area (Å²) < 4.78 is 17.1. The zero-order chi connectivity index (χ0) is 21.5. The Balaban J connectivity index is 1.62. The fourth-order valence-electron chi connectivity index (χ4n) is 3.52. The Hall–Kier alpha value is -2.80. The highest BCUT2D eigenvalue weighted by atomic mass is 16.5. The van der Waals surface area contributed by atoms with Crippen molar-refractivity contribution in [2.24, 2.45) is 4.99 Å². The fourth-order valence-corrected chi connectivity index (χ4v) is 3.52. The Morgan fingerprint density at radius 1 is 1.23 bits per heavy atom. The number of guanidine groups is 1. The molecule has 1 aliphatic heterocycles. The van der Waals surface area contributed by atoms with E-state index in [1.54, 1.807) is 14.2 Å². The van der Waals surface area contributed by atoms with Gasteiger partial charge in [0.2, 0.25) is 0 Å². The summed E-state index contributed by atoms with van der Waals surface area (Å²) in [4.78, 5) is 8.87. The number of rotatable bonds is 7. The van der Waals surface area contributed by atoms with E-state index in [1.165, 1.54) is 5.56 Å². The second-order valence-corrected chi connectivity index (χ2v) is 7.54. The first-order chi connectivity index (χ1) is 14.5. The molecule has 162 valence electrons. The number of pyridine rings is 1. The Bertz CT molecular complexity index is 892. The van der Waals surface area contributed by atoms with Crippen LogP contribution in [0.15, 0.2) is 29.4 Å². The van der Waals surface area contributed by atoms with Gasteiger partial charge in [-0.2, -0.15) is 0 Å². The van der Waals surface area contributed by atoms with Gasteiger partial charge in [0.1, 0.15) is 17.6 Å². The Morgan fingerprint density at radius 2 is 2.03 bits per heavy atom. The summed E-state index contributed by atoms with van der Waals surface area (Å²) in [5, 5.41) is 6.70. The van der Waals surface area contributed by atoms with Gasteiger partial charge in [0.15, 0.2) is 5.96 Å². The molecule has 2 N–H and O–H groups in total. The number of aryl methyl sites for hydroxylation is 2. The zero-order valence-corrected chi connectivity index (χ0v) is 18.5. The summed E-state index contributed by atoms with van der Waals surface area (Å²) in [7, 11) is 3.44. The molecule has 1 aromatic carbocycles. The van der Waals surface area contributed by atoms with Gasteiger partial charge < -0.3 is 24.8 Å². The van der Waals surface area contributed by atoms with Crippen molar-refractivity contribution in [3.8, 4) is 11.5 Å². The van der Waals surface area contributed by atoms with Crippen molar-refractivity contribution >= 4 is 5.96 Å². The molecule has 1 aromatic heterocycles. The molecule has 0 amide bonds. The average Bonchev–Trinajstić information content (AvgIpc) is 3.24. The molecule has 0 bridgehead atoms. The number of nitrogens with zero attached hydrogens (tertiary/aromatic N) is 2. The van der Waals surface area contributed by atoms with Gasteiger partial charge in [0.25, 0.3) is 0 Å². The summed E-state index contributed by atoms with van der Waals surface area (Å²) in [5.74, 6) is 2.47. The maximum atomic E-state index is 6.19. The molecule has 30 heavy (non-hydrogen) atoms. The molecule has 1 atom stereocenters. The molecule has 1 aliphatic rings. The van der Waals surface area contributed by atoms with Crippen molar-refractivity contribution in [1.29, 1.82) is 0 Å². The number of benzene rings is 1. The van der Waals surface area contributed by atoms with Gasteiger partial charge >= 0.3 is 0 Å². The van der Waals surface area contributed by atoms with Crippen LogP contribution in [-0.4, -0.2) is 44.4 Å². The van der Waals surface area contributed by atoms with Crippen LogP contribution in [0.2, 0.25) is 0 Å². The van der Waals surface area contributed by atoms with Crippen LogP contribution in [-0.2, 0) is 17.8 Å². The van der Waals surface area contributed by atoms with Crippen molar-refractivity contribution in [2.45, 2.75) is 46.4 Å². The van der Waals surface area contributed by atoms with E-state index >= 15 is 0 Å². The van der Waals surface area contributed by atoms with E-state index in [1.807, 2.05) is 20.0 Å². The van der Waals surface area contributed by atoms with Crippen LogP contribution in [0.5, 0.6) is 11.5 Å². The maximum Gasteiger partial charge on any atom is 0.191 e. The number of hydrogen-bond donors (Lipinski definition) is 2. The Labute approximate surface area is 178 Å². The van der Waals surface area contributed by atoms with E-state index in [-0.39, 0.29) is 6.10 Å². The van der Waals surface area contributed by atoms with Gasteiger partial charge in [-0.1, -0.05) is 12.1 Å². The lowest BCUT2D eigenvalue weighted by Crippen LogP contribution is -2.36. The third kappa shape index (κ3) is 5.42. The number of methoxy groups -OCH3 is 1. The molecule has 1 saturated heterocycles. The van der Waals surface area contributed by atoms with Gasteiger partial charge in [0.05, 0.1) is 32.6 Å². The molecule has 0 radical (unpaired) electrons. The Kier molecular flexibility index (Phi) is 7.52. The topological polar surface area (TPSA) is 77.0 Å². The fraction of sp³-hybridized carbons (Fsp3) is 0.478. The van der Waals surface area contributed by atoms with Crippen molar-refractivity contribution in [3.63, 3.8) is 0 Å². The largest absolute Gasteiger partial charge is 0.496 e. The summed E-state index contributed by atoms with van der Waals surface area (Å²) in [6, 6.07) is 6.27. The van der Waals surface area contributed by atoms with E-state index < -0.39 is 0 Å². The first-order valence-corrected chi connectivity index (χ1v) is 10.3. The molecule has 1 fully saturated rings. The quantitative estimate of drug-likeness (QED) is 0.538. The van der Waals surface area contributed by atoms with E-state index in [0.29, 0.717) is 25.7 Å². The number of hydrogen-bond acceptors (Lipinski definition) is 5. The normalized spacial score (nSPS) is 16.4. The van der Waals surface area contributed by atoms with Crippen LogP contribution >= 0.6 is 0 Å². The minimum Gasteiger partial charge on any atom is -0.496 e. The average molecular weight is 413 g/mol. The molecule has 2 aromatic rings. The monoisotopic (exact) mass is 412 g/mol. The number of ether oxygens (including phenoxy) is 3. The molecule has 0 spiro atoms. The van der Waals surface area contributed by atoms with Crippen LogP contribution in [0, 0.1) is 20.8 Å². The van der Waals surface area contributed by atoms with E-state index in [9.17, 15) is 0 Å². The molecule has 3 rings (SSSR count). The molecular formula is C23H32N4O3. The van der Waals surface area contributed by atoms with E-state index in [2.05, 4.69) is 45.7 Å². The molecule has 7 nitrogen and oxygen atoms in total. The first kappa shape index (κ1) is 21.9. The number of aliphatic imine (C=N–C) groups is 1. The lowest BCUT2D eigenvalue weighted by molar-refractivity contribution is 0.140. The highest BCUT2D eigenvalue weighted by Gasteiger charge is 2.19. The lowest BCUT2D eigenvalue weighted by atomic mass is 10.1. The number of nitrogens with one attached hydrogen (secondary N) is 2. The van der Waals surface area contributed by atoms with Gasteiger partial charge in [-0.15, -0.1) is 0 Å². The summed E-state index contributed by atoms with van der Waals surface area (Å²) in [6.45, 7) is 8.66. The standard InChI is InChI=1S/C23H32N4O3/c1-15-6-7-18(21(10-15)30-19-8-9-29-14-19)12-26-23(24-4)27-13-20-17(3)22(28-5)16(2)11-25-20/h6-7,10-11,19H,8-9,12-14H2,1-5H3,(H2,24,26,27). The van der Waals surface area contributed by atoms with Crippen LogP contribution in [0.25, 0.3) is 0 Å². The Morgan fingerprint density at radius 3 is 2.73 bits per heavy atom. The van der Waals surface area contributed by atoms with Crippen LogP contribution in [0.3, 0.4) is 0 Å². The van der Waals surface area contributed by atoms with Gasteiger partial charge in [-0.25, -0.2) is 0 Å². The van der Waals surface area contributed by atoms with Crippen molar-refractivity contribution in [1.82, 2.24) is 15.6 Å². The highest BCUT2D eigenvalue weighted by Crippen LogP contribution is 2.25. The SMILES string of the molecule is CN=C(NCc1ccc(C)cc1OC1CCOC1)NCc1ncc(C)c(OC)c1C. The van der Waals surface area contributed by atoms with Gasteiger partial charge in [-0.3, -0.25) is 9.98 Å². The van der Waals surface area contributed by atoms with E-state index in [0.717, 1.165) is 46.9 Å². The maximum absolute atomic E-state index is 6.19. The zero-order valence-electron chi connectivity index (χ0n) is 18.5. The number of aromatic nitrogens is 1. The predicted octanol–water partition coefficient (Wildman–Crippen LogP) is 3.05. The summed E-state index contributed by atoms with van der Waals surface area (Å²) in [5.41, 5.74) is 5.25. The molecule has 2 heterocycles. The molecule has 7 heteroatoms. The minimum absolute atomic E-state index is 0.119. The minimum atomic E-state index is 0.119. The summed E-state index contributed by atoms with van der Waals surface area (Å²) >= 11 is 0.